The predicted molar refractivity (Wildman–Crippen MR) is 154 cm³/mol. The van der Waals surface area contributed by atoms with Crippen molar-refractivity contribution in [1.29, 1.82) is 0 Å². The maximum absolute atomic E-state index is 12.8. The van der Waals surface area contributed by atoms with Crippen LogP contribution in [-0.4, -0.2) is 67.2 Å². The van der Waals surface area contributed by atoms with Crippen molar-refractivity contribution in [2.45, 2.75) is 55.1 Å². The molecule has 198 valence electrons. The van der Waals surface area contributed by atoms with E-state index < -0.39 is 12.0 Å². The van der Waals surface area contributed by atoms with Crippen LogP contribution >= 0.6 is 35.3 Å². The Hall–Kier alpha value is -2.23. The first-order valence-corrected chi connectivity index (χ1v) is 15.6. The molecule has 2 aromatic rings. The molecule has 6 nitrogen and oxygen atoms in total. The van der Waals surface area contributed by atoms with Crippen LogP contribution in [-0.2, 0) is 9.59 Å². The molecule has 0 aromatic heterocycles. The summed E-state index contributed by atoms with van der Waals surface area (Å²) in [5, 5.41) is 9.71. The number of rotatable bonds is 13. The monoisotopic (exact) mass is 559 g/mol. The van der Waals surface area contributed by atoms with Gasteiger partial charge in [0.1, 0.15) is 6.04 Å². The number of benzene rings is 2. The summed E-state index contributed by atoms with van der Waals surface area (Å²) in [6.07, 6.45) is 5.56. The van der Waals surface area contributed by atoms with Crippen molar-refractivity contribution >= 4 is 57.4 Å². The molecule has 1 N–H and O–H groups in total. The maximum atomic E-state index is 12.8. The van der Waals surface area contributed by atoms with Gasteiger partial charge in [-0.15, -0.1) is 0 Å². The molecule has 1 aliphatic rings. The Bertz CT molecular complexity index is 1050. The van der Waals surface area contributed by atoms with E-state index in [9.17, 15) is 24.3 Å². The highest BCUT2D eigenvalue weighted by atomic mass is 32.2. The predicted octanol–water partition coefficient (Wildman–Crippen LogP) is 5.87. The zero-order valence-electron chi connectivity index (χ0n) is 20.9. The first-order chi connectivity index (χ1) is 17.9. The van der Waals surface area contributed by atoms with Gasteiger partial charge in [-0.25, -0.2) is 4.79 Å². The van der Waals surface area contributed by atoms with Gasteiger partial charge in [-0.3, -0.25) is 14.4 Å². The number of likely N-dealkylation sites (tertiary alicyclic amines) is 1. The van der Waals surface area contributed by atoms with Gasteiger partial charge >= 0.3 is 5.97 Å². The van der Waals surface area contributed by atoms with Crippen LogP contribution in [0, 0.1) is 0 Å². The van der Waals surface area contributed by atoms with Crippen LogP contribution in [0.25, 0.3) is 0 Å². The minimum Gasteiger partial charge on any atom is -0.480 e. The minimum absolute atomic E-state index is 0.00513. The zero-order chi connectivity index (χ0) is 26.6. The quantitative estimate of drug-likeness (QED) is 0.305. The Kier molecular flexibility index (Phi) is 12.1. The van der Waals surface area contributed by atoms with Crippen LogP contribution in [0.1, 0.15) is 59.2 Å². The molecule has 0 spiro atoms. The molecule has 1 amide bonds. The first kappa shape index (κ1) is 29.3. The molecule has 9 heteroatoms. The van der Waals surface area contributed by atoms with E-state index in [0.717, 1.165) is 12.8 Å². The van der Waals surface area contributed by atoms with Gasteiger partial charge in [-0.05, 0) is 31.9 Å². The van der Waals surface area contributed by atoms with Crippen LogP contribution in [0.3, 0.4) is 0 Å². The number of hydrogen-bond donors (Lipinski definition) is 1. The Labute approximate surface area is 231 Å². The third kappa shape index (κ3) is 9.23. The van der Waals surface area contributed by atoms with Crippen molar-refractivity contribution in [3.05, 3.63) is 71.8 Å². The van der Waals surface area contributed by atoms with Crippen LogP contribution in [0.15, 0.2) is 60.7 Å². The molecule has 0 bridgehead atoms. The molecular formula is C28H33NO5S3. The third-order valence-electron chi connectivity index (χ3n) is 6.33. The van der Waals surface area contributed by atoms with E-state index in [1.165, 1.54) is 28.4 Å². The highest BCUT2D eigenvalue weighted by molar-refractivity contribution is 8.15. The number of unbranched alkanes of at least 4 members (excludes halogenated alkanes) is 1. The second-order valence-corrected chi connectivity index (χ2v) is 12.4. The molecule has 3 unspecified atom stereocenters. The SMILES string of the molecule is CSC1CC(C(=O)O)N(C(=O)CCCCC(CCSC(=O)c2ccccc2)SC(=O)c2ccccc2)C1. The number of thioether (sulfide) groups is 3. The molecule has 2 aromatic carbocycles. The Morgan fingerprint density at radius 1 is 0.919 bits per heavy atom. The topological polar surface area (TPSA) is 91.8 Å². The molecule has 1 heterocycles. The molecule has 37 heavy (non-hydrogen) atoms. The lowest BCUT2D eigenvalue weighted by Crippen LogP contribution is -2.40. The second-order valence-electron chi connectivity index (χ2n) is 8.92. The molecular weight excluding hydrogens is 527 g/mol. The number of carboxylic acid groups (broad SMARTS) is 1. The van der Waals surface area contributed by atoms with Gasteiger partial charge in [0.25, 0.3) is 0 Å². The lowest BCUT2D eigenvalue weighted by molar-refractivity contribution is -0.148. The van der Waals surface area contributed by atoms with Gasteiger partial charge in [-0.2, -0.15) is 11.8 Å². The highest BCUT2D eigenvalue weighted by Gasteiger charge is 2.38. The number of amides is 1. The number of carbonyl (C=O) groups excluding carboxylic acids is 3. The minimum atomic E-state index is -0.941. The summed E-state index contributed by atoms with van der Waals surface area (Å²) in [7, 11) is 0. The smallest absolute Gasteiger partial charge is 0.326 e. The molecule has 1 aliphatic heterocycles. The van der Waals surface area contributed by atoms with Crippen molar-refractivity contribution in [2.24, 2.45) is 0 Å². The van der Waals surface area contributed by atoms with E-state index in [2.05, 4.69) is 0 Å². The van der Waals surface area contributed by atoms with Crippen LogP contribution in [0.5, 0.6) is 0 Å². The summed E-state index contributed by atoms with van der Waals surface area (Å²) in [5.41, 5.74) is 1.32. The van der Waals surface area contributed by atoms with Crippen molar-refractivity contribution in [2.75, 3.05) is 18.6 Å². The van der Waals surface area contributed by atoms with E-state index in [-0.39, 0.29) is 26.6 Å². The Morgan fingerprint density at radius 2 is 1.54 bits per heavy atom. The Morgan fingerprint density at radius 3 is 2.14 bits per heavy atom. The zero-order valence-corrected chi connectivity index (χ0v) is 23.4. The largest absolute Gasteiger partial charge is 0.480 e. The molecule has 0 aliphatic carbocycles. The normalized spacial score (nSPS) is 17.9. The van der Waals surface area contributed by atoms with E-state index in [0.29, 0.717) is 49.1 Å². The van der Waals surface area contributed by atoms with E-state index >= 15 is 0 Å². The van der Waals surface area contributed by atoms with Gasteiger partial charge in [-0.1, -0.05) is 90.6 Å². The van der Waals surface area contributed by atoms with Crippen LogP contribution < -0.4 is 0 Å². The fraction of sp³-hybridized carbons (Fsp3) is 0.429. The number of hydrogen-bond acceptors (Lipinski definition) is 7. The van der Waals surface area contributed by atoms with Gasteiger partial charge in [0.15, 0.2) is 0 Å². The molecule has 3 rings (SSSR count). The molecule has 1 saturated heterocycles. The van der Waals surface area contributed by atoms with Crippen molar-refractivity contribution in [1.82, 2.24) is 4.90 Å². The summed E-state index contributed by atoms with van der Waals surface area (Å²) in [6.45, 7) is 0.480. The summed E-state index contributed by atoms with van der Waals surface area (Å²) in [4.78, 5) is 51.1. The van der Waals surface area contributed by atoms with E-state index in [1.807, 2.05) is 42.7 Å². The van der Waals surface area contributed by atoms with E-state index in [4.69, 9.17) is 0 Å². The number of carboxylic acids is 1. The fourth-order valence-electron chi connectivity index (χ4n) is 4.27. The number of nitrogens with zero attached hydrogens (tertiary/aromatic N) is 1. The molecule has 0 saturated carbocycles. The average molecular weight is 560 g/mol. The van der Waals surface area contributed by atoms with Gasteiger partial charge in [0.2, 0.25) is 16.1 Å². The lowest BCUT2D eigenvalue weighted by Gasteiger charge is -2.21. The van der Waals surface area contributed by atoms with Crippen molar-refractivity contribution in [3.63, 3.8) is 0 Å². The van der Waals surface area contributed by atoms with Crippen molar-refractivity contribution < 1.29 is 24.3 Å². The summed E-state index contributed by atoms with van der Waals surface area (Å²) < 4.78 is 0. The summed E-state index contributed by atoms with van der Waals surface area (Å²) in [6, 6.07) is 17.6. The first-order valence-electron chi connectivity index (χ1n) is 12.4. The molecule has 3 atom stereocenters. The maximum Gasteiger partial charge on any atom is 0.326 e. The fourth-order valence-corrected chi connectivity index (χ4v) is 7.09. The third-order valence-corrected chi connectivity index (χ3v) is 9.53. The van der Waals surface area contributed by atoms with Gasteiger partial charge in [0.05, 0.1) is 0 Å². The van der Waals surface area contributed by atoms with Crippen LogP contribution in [0.4, 0.5) is 0 Å². The lowest BCUT2D eigenvalue weighted by atomic mass is 10.1. The summed E-state index contributed by atoms with van der Waals surface area (Å²) >= 11 is 4.16. The summed E-state index contributed by atoms with van der Waals surface area (Å²) in [5.74, 6) is -0.447. The van der Waals surface area contributed by atoms with Gasteiger partial charge < -0.3 is 10.0 Å². The second kappa shape index (κ2) is 15.2. The van der Waals surface area contributed by atoms with Gasteiger partial charge in [0, 0.05) is 40.3 Å². The molecule has 0 radical (unpaired) electrons. The Balaban J connectivity index is 1.51. The van der Waals surface area contributed by atoms with Crippen LogP contribution in [0.2, 0.25) is 0 Å². The number of aliphatic carboxylic acids is 1. The average Bonchev–Trinajstić information content (AvgIpc) is 3.37. The van der Waals surface area contributed by atoms with Crippen molar-refractivity contribution in [3.8, 4) is 0 Å². The molecule has 1 fully saturated rings. The standard InChI is InChI=1S/C28H33NO5S3/c1-35-23-18-24(26(31)32)29(19-23)25(30)15-9-8-14-22(37-28(34)21-12-6-3-7-13-21)16-17-36-27(33)20-10-4-2-5-11-20/h2-7,10-13,22-24H,8-9,14-19H2,1H3,(H,31,32). The number of carbonyl (C=O) groups is 4. The van der Waals surface area contributed by atoms with E-state index in [1.54, 1.807) is 36.0 Å². The highest BCUT2D eigenvalue weighted by Crippen LogP contribution is 2.29.